The number of ether oxygens (including phenoxy) is 1. The van der Waals surface area contributed by atoms with E-state index in [1.807, 2.05) is 6.92 Å². The van der Waals surface area contributed by atoms with Crippen molar-refractivity contribution in [2.24, 2.45) is 0 Å². The monoisotopic (exact) mass is 326 g/mol. The van der Waals surface area contributed by atoms with Gasteiger partial charge in [-0.1, -0.05) is 18.3 Å². The lowest BCUT2D eigenvalue weighted by Crippen LogP contribution is -2.05. The first-order valence-corrected chi connectivity index (χ1v) is 7.95. The summed E-state index contributed by atoms with van der Waals surface area (Å²) in [4.78, 5) is 24.2. The van der Waals surface area contributed by atoms with Gasteiger partial charge in [0.05, 0.1) is 27.0 Å². The van der Waals surface area contributed by atoms with Gasteiger partial charge >= 0.3 is 11.0 Å². The number of rotatable bonds is 5. The summed E-state index contributed by atoms with van der Waals surface area (Å²) in [6.45, 7) is 3.93. The second-order valence-electron chi connectivity index (χ2n) is 4.12. The second kappa shape index (κ2) is 6.23. The topological polar surface area (TPSA) is 95.5 Å². The van der Waals surface area contributed by atoms with Crippen LogP contribution in [0.5, 0.6) is 0 Å². The van der Waals surface area contributed by atoms with Crippen LogP contribution in [0, 0.1) is 10.1 Å². The maximum Gasteiger partial charge on any atom is 0.350 e. The largest absolute Gasteiger partial charge is 0.462 e. The molecular weight excluding hydrogens is 312 g/mol. The molecule has 0 amide bonds. The Morgan fingerprint density at radius 1 is 1.38 bits per heavy atom. The third-order valence-electron chi connectivity index (χ3n) is 2.86. The van der Waals surface area contributed by atoms with Crippen molar-refractivity contribution < 1.29 is 14.5 Å². The molecular formula is C13H14N2O4S2. The lowest BCUT2D eigenvalue weighted by Gasteiger charge is -2.00. The number of nitro groups is 1. The first-order valence-electron chi connectivity index (χ1n) is 6.32. The molecule has 0 atom stereocenters. The molecule has 0 spiro atoms. The number of carbonyl (C=O) groups excluding carboxylic acids is 1. The smallest absolute Gasteiger partial charge is 0.350 e. The van der Waals surface area contributed by atoms with Crippen molar-refractivity contribution in [3.05, 3.63) is 32.7 Å². The summed E-state index contributed by atoms with van der Waals surface area (Å²) in [6.07, 6.45) is 0.642. The molecule has 2 aromatic heterocycles. The number of hydrogen-bond acceptors (Lipinski definition) is 7. The van der Waals surface area contributed by atoms with Crippen LogP contribution in [-0.2, 0) is 11.2 Å². The van der Waals surface area contributed by atoms with E-state index in [-0.39, 0.29) is 11.6 Å². The van der Waals surface area contributed by atoms with Crippen molar-refractivity contribution in [1.29, 1.82) is 0 Å². The molecule has 0 unspecified atom stereocenters. The summed E-state index contributed by atoms with van der Waals surface area (Å²) in [5.41, 5.74) is 7.27. The van der Waals surface area contributed by atoms with E-state index in [0.717, 1.165) is 26.7 Å². The van der Waals surface area contributed by atoms with Gasteiger partial charge < -0.3 is 10.5 Å². The Morgan fingerprint density at radius 2 is 2.10 bits per heavy atom. The SMILES string of the molecule is CCOC(=O)c1sc(-c2ccc([N+](=O)[O-])s2)c(CC)c1N. The lowest BCUT2D eigenvalue weighted by atomic mass is 10.1. The van der Waals surface area contributed by atoms with Crippen LogP contribution in [0.3, 0.4) is 0 Å². The van der Waals surface area contributed by atoms with E-state index in [1.54, 1.807) is 13.0 Å². The van der Waals surface area contributed by atoms with E-state index in [0.29, 0.717) is 17.0 Å². The standard InChI is InChI=1S/C13H14N2O4S2/c1-3-7-10(14)12(13(16)19-4-2)21-11(7)8-5-6-9(20-8)15(17)18/h5-6H,3-4,14H2,1-2H3. The van der Waals surface area contributed by atoms with Gasteiger partial charge in [-0.15, -0.1) is 11.3 Å². The molecule has 2 heterocycles. The highest BCUT2D eigenvalue weighted by atomic mass is 32.1. The zero-order valence-corrected chi connectivity index (χ0v) is 13.2. The molecule has 0 saturated heterocycles. The van der Waals surface area contributed by atoms with Gasteiger partial charge in [-0.05, 0) is 25.0 Å². The Morgan fingerprint density at radius 3 is 2.62 bits per heavy atom. The first kappa shape index (κ1) is 15.5. The minimum Gasteiger partial charge on any atom is -0.462 e. The van der Waals surface area contributed by atoms with Crippen molar-refractivity contribution in [2.75, 3.05) is 12.3 Å². The maximum atomic E-state index is 11.9. The van der Waals surface area contributed by atoms with E-state index < -0.39 is 10.9 Å². The quantitative estimate of drug-likeness (QED) is 0.513. The molecule has 0 bridgehead atoms. The van der Waals surface area contributed by atoms with Crippen molar-refractivity contribution in [3.8, 4) is 9.75 Å². The summed E-state index contributed by atoms with van der Waals surface area (Å²) in [5, 5.41) is 10.9. The Labute approximate surface area is 129 Å². The van der Waals surface area contributed by atoms with Crippen LogP contribution in [0.15, 0.2) is 12.1 Å². The van der Waals surface area contributed by atoms with Gasteiger partial charge in [0.1, 0.15) is 4.88 Å². The van der Waals surface area contributed by atoms with Crippen molar-refractivity contribution in [3.63, 3.8) is 0 Å². The predicted octanol–water partition coefficient (Wildman–Crippen LogP) is 3.71. The average Bonchev–Trinajstić information content (AvgIpc) is 3.03. The number of thiophene rings is 2. The van der Waals surface area contributed by atoms with Gasteiger partial charge in [-0.2, -0.15) is 0 Å². The number of hydrogen-bond donors (Lipinski definition) is 1. The Kier molecular flexibility index (Phi) is 4.59. The molecule has 0 aromatic carbocycles. The molecule has 21 heavy (non-hydrogen) atoms. The van der Waals surface area contributed by atoms with Crippen molar-refractivity contribution >= 4 is 39.3 Å². The van der Waals surface area contributed by atoms with Gasteiger partial charge in [0.15, 0.2) is 0 Å². The Bertz CT molecular complexity index is 690. The highest BCUT2D eigenvalue weighted by molar-refractivity contribution is 7.24. The van der Waals surface area contributed by atoms with Crippen LogP contribution in [0.1, 0.15) is 29.1 Å². The fraction of sp³-hybridized carbons (Fsp3) is 0.308. The second-order valence-corrected chi connectivity index (χ2v) is 6.20. The third-order valence-corrected chi connectivity index (χ3v) is 5.30. The minimum absolute atomic E-state index is 0.0664. The number of nitrogens with two attached hydrogens (primary N) is 1. The van der Waals surface area contributed by atoms with Crippen molar-refractivity contribution in [1.82, 2.24) is 0 Å². The molecule has 2 N–H and O–H groups in total. The molecule has 2 rings (SSSR count). The zero-order chi connectivity index (χ0) is 15.6. The van der Waals surface area contributed by atoms with Gasteiger partial charge in [-0.25, -0.2) is 4.79 Å². The first-order chi connectivity index (χ1) is 9.99. The van der Waals surface area contributed by atoms with E-state index in [9.17, 15) is 14.9 Å². The number of nitrogens with zero attached hydrogens (tertiary/aromatic N) is 1. The lowest BCUT2D eigenvalue weighted by molar-refractivity contribution is -0.380. The highest BCUT2D eigenvalue weighted by Gasteiger charge is 2.23. The molecule has 0 fully saturated rings. The Balaban J connectivity index is 2.50. The van der Waals surface area contributed by atoms with E-state index in [2.05, 4.69) is 0 Å². The van der Waals surface area contributed by atoms with E-state index in [1.165, 1.54) is 17.4 Å². The Hall–Kier alpha value is -1.93. The molecule has 0 saturated carbocycles. The molecule has 0 aliphatic carbocycles. The van der Waals surface area contributed by atoms with Crippen LogP contribution in [0.25, 0.3) is 9.75 Å². The fourth-order valence-electron chi connectivity index (χ4n) is 1.92. The zero-order valence-electron chi connectivity index (χ0n) is 11.5. The summed E-state index contributed by atoms with van der Waals surface area (Å²) >= 11 is 2.30. The van der Waals surface area contributed by atoms with Crippen LogP contribution >= 0.6 is 22.7 Å². The van der Waals surface area contributed by atoms with Gasteiger partial charge in [0.25, 0.3) is 0 Å². The summed E-state index contributed by atoms with van der Waals surface area (Å²) in [6, 6.07) is 3.14. The van der Waals surface area contributed by atoms with Crippen LogP contribution in [0.2, 0.25) is 0 Å². The number of carbonyl (C=O) groups is 1. The van der Waals surface area contributed by atoms with E-state index >= 15 is 0 Å². The third kappa shape index (κ3) is 2.91. The number of nitrogen functional groups attached to an aromatic ring is 1. The molecule has 0 aliphatic heterocycles. The highest BCUT2D eigenvalue weighted by Crippen LogP contribution is 2.43. The molecule has 0 radical (unpaired) electrons. The number of anilines is 1. The van der Waals surface area contributed by atoms with Crippen molar-refractivity contribution in [2.45, 2.75) is 20.3 Å². The number of esters is 1. The summed E-state index contributed by atoms with van der Waals surface area (Å²) < 4.78 is 4.99. The van der Waals surface area contributed by atoms with Gasteiger partial charge in [0, 0.05) is 6.07 Å². The molecule has 2 aromatic rings. The summed E-state index contributed by atoms with van der Waals surface area (Å²) in [5.74, 6) is -0.452. The summed E-state index contributed by atoms with van der Waals surface area (Å²) in [7, 11) is 0. The maximum absolute atomic E-state index is 11.9. The van der Waals surface area contributed by atoms with Crippen LogP contribution < -0.4 is 5.73 Å². The fourth-order valence-corrected chi connectivity index (χ4v) is 4.09. The van der Waals surface area contributed by atoms with Gasteiger partial charge in [-0.3, -0.25) is 10.1 Å². The molecule has 8 heteroatoms. The minimum atomic E-state index is -0.452. The van der Waals surface area contributed by atoms with Crippen LogP contribution in [0.4, 0.5) is 10.7 Å². The molecule has 112 valence electrons. The predicted molar refractivity (Wildman–Crippen MR) is 84.0 cm³/mol. The normalized spacial score (nSPS) is 10.6. The molecule has 6 nitrogen and oxygen atoms in total. The average molecular weight is 326 g/mol. The van der Waals surface area contributed by atoms with Crippen LogP contribution in [-0.4, -0.2) is 17.5 Å². The van der Waals surface area contributed by atoms with E-state index in [4.69, 9.17) is 10.5 Å². The molecule has 0 aliphatic rings. The van der Waals surface area contributed by atoms with Gasteiger partial charge in [0.2, 0.25) is 0 Å².